The second-order valence-electron chi connectivity index (χ2n) is 4.61. The van der Waals surface area contributed by atoms with E-state index in [9.17, 15) is 9.59 Å². The maximum absolute atomic E-state index is 11.8. The Bertz CT molecular complexity index is 680. The van der Waals surface area contributed by atoms with Crippen LogP contribution in [0.25, 0.3) is 0 Å². The molecule has 2 heterocycles. The third-order valence-electron chi connectivity index (χ3n) is 2.91. The van der Waals surface area contributed by atoms with Crippen molar-refractivity contribution in [2.45, 2.75) is 39.8 Å². The predicted molar refractivity (Wildman–Crippen MR) is 70.2 cm³/mol. The minimum Gasteiger partial charge on any atom is -0.293 e. The molecule has 0 atom stereocenters. The molecular weight excluding hydrogens is 246 g/mol. The van der Waals surface area contributed by atoms with Gasteiger partial charge in [0.25, 0.3) is 5.56 Å². The van der Waals surface area contributed by atoms with Crippen molar-refractivity contribution in [3.8, 4) is 0 Å². The van der Waals surface area contributed by atoms with E-state index < -0.39 is 5.69 Å². The summed E-state index contributed by atoms with van der Waals surface area (Å²) in [4.78, 5) is 29.7. The van der Waals surface area contributed by atoms with E-state index in [-0.39, 0.29) is 11.6 Å². The molecule has 0 spiro atoms. The molecule has 0 saturated carbocycles. The summed E-state index contributed by atoms with van der Waals surface area (Å²) < 4.78 is 3.20. The quantitative estimate of drug-likeness (QED) is 0.860. The van der Waals surface area contributed by atoms with Gasteiger partial charge in [-0.1, -0.05) is 6.92 Å². The molecule has 102 valence electrons. The average Bonchev–Trinajstić information content (AvgIpc) is 2.81. The van der Waals surface area contributed by atoms with Crippen molar-refractivity contribution in [2.75, 3.05) is 0 Å². The van der Waals surface area contributed by atoms with Crippen molar-refractivity contribution < 1.29 is 0 Å². The summed E-state index contributed by atoms with van der Waals surface area (Å²) in [5.41, 5.74) is -0.176. The monoisotopic (exact) mass is 263 g/mol. The number of aromatic nitrogens is 5. The van der Waals surface area contributed by atoms with Gasteiger partial charge in [0, 0.05) is 17.8 Å². The molecule has 2 rings (SSSR count). The summed E-state index contributed by atoms with van der Waals surface area (Å²) in [6.45, 7) is 6.15. The number of hydrogen-bond donors (Lipinski definition) is 1. The Morgan fingerprint density at radius 3 is 2.74 bits per heavy atom. The number of aromatic amines is 1. The van der Waals surface area contributed by atoms with E-state index in [4.69, 9.17) is 0 Å². The third-order valence-corrected chi connectivity index (χ3v) is 2.91. The summed E-state index contributed by atoms with van der Waals surface area (Å²) in [7, 11) is 0. The van der Waals surface area contributed by atoms with E-state index in [1.807, 2.05) is 20.8 Å². The van der Waals surface area contributed by atoms with Gasteiger partial charge in [0.15, 0.2) is 0 Å². The Labute approximate surface area is 109 Å². The van der Waals surface area contributed by atoms with Crippen LogP contribution < -0.4 is 11.2 Å². The van der Waals surface area contributed by atoms with Crippen LogP contribution in [0.3, 0.4) is 0 Å². The lowest BCUT2D eigenvalue weighted by Gasteiger charge is -2.10. The first kappa shape index (κ1) is 13.3. The fourth-order valence-corrected chi connectivity index (χ4v) is 1.89. The number of nitrogens with zero attached hydrogens (tertiary/aromatic N) is 4. The Kier molecular flexibility index (Phi) is 3.64. The lowest BCUT2D eigenvalue weighted by Crippen LogP contribution is -2.32. The molecule has 19 heavy (non-hydrogen) atoms. The first-order valence-electron chi connectivity index (χ1n) is 6.24. The molecule has 0 aromatic carbocycles. The minimum atomic E-state index is -0.430. The van der Waals surface area contributed by atoms with Crippen LogP contribution in [0.15, 0.2) is 22.1 Å². The van der Waals surface area contributed by atoms with Gasteiger partial charge in [-0.25, -0.2) is 14.5 Å². The highest BCUT2D eigenvalue weighted by Crippen LogP contribution is 2.06. The Morgan fingerprint density at radius 2 is 2.11 bits per heavy atom. The molecule has 0 unspecified atom stereocenters. The fraction of sp³-hybridized carbons (Fsp3) is 0.500. The van der Waals surface area contributed by atoms with Crippen LogP contribution in [-0.2, 0) is 13.0 Å². The van der Waals surface area contributed by atoms with Gasteiger partial charge in [0.05, 0.1) is 6.54 Å². The number of aryl methyl sites for hydroxylation is 1. The zero-order valence-electron chi connectivity index (χ0n) is 11.3. The Balaban J connectivity index is 2.41. The van der Waals surface area contributed by atoms with Crippen molar-refractivity contribution in [1.29, 1.82) is 0 Å². The van der Waals surface area contributed by atoms with Crippen LogP contribution in [0, 0.1) is 0 Å². The average molecular weight is 263 g/mol. The summed E-state index contributed by atoms with van der Waals surface area (Å²) in [6, 6.07) is 0.168. The minimum absolute atomic E-state index is 0.168. The first-order chi connectivity index (χ1) is 9.02. The van der Waals surface area contributed by atoms with Crippen molar-refractivity contribution in [1.82, 2.24) is 24.3 Å². The third kappa shape index (κ3) is 2.64. The van der Waals surface area contributed by atoms with E-state index in [1.165, 1.54) is 10.9 Å². The Morgan fingerprint density at radius 1 is 1.37 bits per heavy atom. The second kappa shape index (κ2) is 5.21. The van der Waals surface area contributed by atoms with Crippen molar-refractivity contribution in [2.24, 2.45) is 0 Å². The highest BCUT2D eigenvalue weighted by Gasteiger charge is 2.10. The highest BCUT2D eigenvalue weighted by molar-refractivity contribution is 5.05. The summed E-state index contributed by atoms with van der Waals surface area (Å²) in [6.07, 6.45) is 3.62. The molecule has 0 bridgehead atoms. The fourth-order valence-electron chi connectivity index (χ4n) is 1.89. The smallest absolute Gasteiger partial charge is 0.293 e. The molecule has 0 aliphatic rings. The van der Waals surface area contributed by atoms with E-state index >= 15 is 0 Å². The van der Waals surface area contributed by atoms with Crippen LogP contribution in [-0.4, -0.2) is 24.3 Å². The molecule has 0 fully saturated rings. The number of hydrogen-bond acceptors (Lipinski definition) is 4. The zero-order chi connectivity index (χ0) is 14.0. The number of rotatable bonds is 4. The summed E-state index contributed by atoms with van der Waals surface area (Å²) >= 11 is 0. The standard InChI is InChI=1S/C12H17N5O2/c1-4-9-5-16(12(19)15-11(9)18)6-10-13-7-14-17(10)8(2)3/h5,7-8H,4,6H2,1-3H3,(H,15,18,19). The molecule has 0 amide bonds. The normalized spacial score (nSPS) is 11.2. The highest BCUT2D eigenvalue weighted by atomic mass is 16.2. The molecule has 2 aromatic heterocycles. The van der Waals surface area contributed by atoms with E-state index in [0.29, 0.717) is 24.4 Å². The molecule has 2 aromatic rings. The van der Waals surface area contributed by atoms with Gasteiger partial charge < -0.3 is 0 Å². The second-order valence-corrected chi connectivity index (χ2v) is 4.61. The predicted octanol–water partition coefficient (Wildman–Crippen LogP) is 0.320. The number of H-pyrrole nitrogens is 1. The molecule has 0 radical (unpaired) electrons. The lowest BCUT2D eigenvalue weighted by molar-refractivity contribution is 0.492. The van der Waals surface area contributed by atoms with Crippen molar-refractivity contribution >= 4 is 0 Å². The van der Waals surface area contributed by atoms with Crippen LogP contribution in [0.1, 0.15) is 38.2 Å². The van der Waals surface area contributed by atoms with Gasteiger partial charge >= 0.3 is 5.69 Å². The largest absolute Gasteiger partial charge is 0.328 e. The maximum Gasteiger partial charge on any atom is 0.328 e. The van der Waals surface area contributed by atoms with E-state index in [2.05, 4.69) is 15.1 Å². The van der Waals surface area contributed by atoms with Crippen LogP contribution in [0.5, 0.6) is 0 Å². The molecular formula is C12H17N5O2. The van der Waals surface area contributed by atoms with Crippen LogP contribution in [0.2, 0.25) is 0 Å². The first-order valence-corrected chi connectivity index (χ1v) is 6.24. The zero-order valence-corrected chi connectivity index (χ0v) is 11.3. The SMILES string of the molecule is CCc1cn(Cc2ncnn2C(C)C)c(=O)[nH]c1=O. The van der Waals surface area contributed by atoms with Gasteiger partial charge in [-0.3, -0.25) is 14.3 Å². The van der Waals surface area contributed by atoms with Crippen LogP contribution >= 0.6 is 0 Å². The van der Waals surface area contributed by atoms with Crippen molar-refractivity contribution in [3.05, 3.63) is 44.8 Å². The van der Waals surface area contributed by atoms with Crippen molar-refractivity contribution in [3.63, 3.8) is 0 Å². The van der Waals surface area contributed by atoms with Gasteiger partial charge in [0.1, 0.15) is 12.2 Å². The lowest BCUT2D eigenvalue weighted by atomic mass is 10.2. The molecule has 0 aliphatic carbocycles. The topological polar surface area (TPSA) is 85.6 Å². The summed E-state index contributed by atoms with van der Waals surface area (Å²) in [5.74, 6) is 0.686. The maximum atomic E-state index is 11.8. The van der Waals surface area contributed by atoms with Crippen LogP contribution in [0.4, 0.5) is 0 Å². The van der Waals surface area contributed by atoms with Gasteiger partial charge in [-0.05, 0) is 20.3 Å². The van der Waals surface area contributed by atoms with Gasteiger partial charge in [-0.2, -0.15) is 5.10 Å². The molecule has 7 heteroatoms. The summed E-state index contributed by atoms with van der Waals surface area (Å²) in [5, 5.41) is 4.12. The van der Waals surface area contributed by atoms with E-state index in [1.54, 1.807) is 10.9 Å². The van der Waals surface area contributed by atoms with E-state index in [0.717, 1.165) is 0 Å². The molecule has 1 N–H and O–H groups in total. The molecule has 7 nitrogen and oxygen atoms in total. The van der Waals surface area contributed by atoms with Gasteiger partial charge in [-0.15, -0.1) is 0 Å². The molecule has 0 saturated heterocycles. The Hall–Kier alpha value is -2.18. The molecule has 0 aliphatic heterocycles. The van der Waals surface area contributed by atoms with Gasteiger partial charge in [0.2, 0.25) is 0 Å². The number of nitrogens with one attached hydrogen (secondary N) is 1.